The smallest absolute Gasteiger partial charge is 0.336 e. The van der Waals surface area contributed by atoms with Crippen molar-refractivity contribution in [2.75, 3.05) is 5.75 Å². The number of rotatable bonds is 13. The van der Waals surface area contributed by atoms with Crippen LogP contribution in [0.5, 0.6) is 0 Å². The van der Waals surface area contributed by atoms with Crippen molar-refractivity contribution in [2.24, 2.45) is 0 Å². The summed E-state index contributed by atoms with van der Waals surface area (Å²) < 4.78 is 12.9. The monoisotopic (exact) mass is 641 g/mol. The molecule has 1 heterocycles. The molecule has 0 spiro atoms. The van der Waals surface area contributed by atoms with Crippen molar-refractivity contribution in [1.82, 2.24) is 5.32 Å². The second kappa shape index (κ2) is 15.7. The Bertz CT molecular complexity index is 1660. The molecule has 1 aliphatic heterocycles. The fourth-order valence-corrected chi connectivity index (χ4v) is 6.24. The summed E-state index contributed by atoms with van der Waals surface area (Å²) in [6.45, 7) is 0.252. The molecule has 1 saturated heterocycles. The van der Waals surface area contributed by atoms with E-state index < -0.39 is 18.2 Å². The first-order chi connectivity index (χ1) is 22.3. The number of aliphatic hydroxyl groups excluding tert-OH is 1. The molecule has 5 rings (SSSR count). The van der Waals surface area contributed by atoms with Crippen LogP contribution in [0.4, 0.5) is 0 Å². The molecular weight excluding hydrogens is 606 g/mol. The van der Waals surface area contributed by atoms with E-state index in [1.165, 1.54) is 11.8 Å². The summed E-state index contributed by atoms with van der Waals surface area (Å²) in [6, 6.07) is 30.2. The third-order valence-electron chi connectivity index (χ3n) is 7.66. The maximum absolute atomic E-state index is 12.0. The summed E-state index contributed by atoms with van der Waals surface area (Å²) in [6.07, 6.45) is -0.843. The first-order valence-corrected chi connectivity index (χ1v) is 15.9. The fourth-order valence-electron chi connectivity index (χ4n) is 5.18. The SMILES string of the molecule is O=C(O)CCC(=O)NCc1cccc(-c2ccc([C@@H]3O[C@H](CSc4ccccc4C(=O)O)C[C@H](c4ccc(CO)cc4)O3)cc2)c1. The summed E-state index contributed by atoms with van der Waals surface area (Å²) in [4.78, 5) is 35.1. The van der Waals surface area contributed by atoms with Crippen LogP contribution in [0.1, 0.15) is 64.3 Å². The van der Waals surface area contributed by atoms with Gasteiger partial charge in [0.15, 0.2) is 6.29 Å². The van der Waals surface area contributed by atoms with Crippen LogP contribution in [-0.2, 0) is 32.2 Å². The number of carboxylic acids is 2. The van der Waals surface area contributed by atoms with Crippen molar-refractivity contribution in [3.8, 4) is 11.1 Å². The Morgan fingerprint density at radius 2 is 1.52 bits per heavy atom. The highest BCUT2D eigenvalue weighted by molar-refractivity contribution is 7.99. The molecule has 9 nitrogen and oxygen atoms in total. The number of hydrogen-bond acceptors (Lipinski definition) is 7. The number of aliphatic hydroxyl groups is 1. The number of ether oxygens (including phenoxy) is 2. The van der Waals surface area contributed by atoms with Gasteiger partial charge in [-0.15, -0.1) is 11.8 Å². The molecular formula is C36H35NO8S. The number of benzene rings is 4. The van der Waals surface area contributed by atoms with Crippen molar-refractivity contribution in [2.45, 2.75) is 55.8 Å². The van der Waals surface area contributed by atoms with Gasteiger partial charge >= 0.3 is 11.9 Å². The molecule has 1 amide bonds. The normalized spacial score (nSPS) is 17.7. The highest BCUT2D eigenvalue weighted by atomic mass is 32.2. The molecule has 0 aliphatic carbocycles. The van der Waals surface area contributed by atoms with Gasteiger partial charge in [0.25, 0.3) is 0 Å². The first kappa shape index (κ1) is 32.9. The predicted molar refractivity (Wildman–Crippen MR) is 173 cm³/mol. The van der Waals surface area contributed by atoms with Crippen LogP contribution in [0.2, 0.25) is 0 Å². The predicted octanol–water partition coefficient (Wildman–Crippen LogP) is 6.36. The highest BCUT2D eigenvalue weighted by Crippen LogP contribution is 2.40. The zero-order chi connectivity index (χ0) is 32.5. The lowest BCUT2D eigenvalue weighted by atomic mass is 9.99. The van der Waals surface area contributed by atoms with Crippen LogP contribution in [0.25, 0.3) is 11.1 Å². The van der Waals surface area contributed by atoms with Gasteiger partial charge in [0.1, 0.15) is 0 Å². The van der Waals surface area contributed by atoms with Gasteiger partial charge in [-0.05, 0) is 46.0 Å². The van der Waals surface area contributed by atoms with Gasteiger partial charge in [0, 0.05) is 35.6 Å². The molecule has 46 heavy (non-hydrogen) atoms. The lowest BCUT2D eigenvalue weighted by Crippen LogP contribution is -2.31. The van der Waals surface area contributed by atoms with Crippen molar-refractivity contribution in [3.05, 3.63) is 125 Å². The van der Waals surface area contributed by atoms with Crippen LogP contribution in [0.15, 0.2) is 102 Å². The number of hydrogen-bond donors (Lipinski definition) is 4. The highest BCUT2D eigenvalue weighted by Gasteiger charge is 2.32. The van der Waals surface area contributed by atoms with Gasteiger partial charge in [-0.25, -0.2) is 4.79 Å². The number of thioether (sulfide) groups is 1. The average Bonchev–Trinajstić information content (AvgIpc) is 3.09. The molecule has 0 radical (unpaired) electrons. The van der Waals surface area contributed by atoms with E-state index in [9.17, 15) is 24.6 Å². The molecule has 4 N–H and O–H groups in total. The van der Waals surface area contributed by atoms with E-state index >= 15 is 0 Å². The summed E-state index contributed by atoms with van der Waals surface area (Å²) in [5.41, 5.74) is 5.69. The van der Waals surface area contributed by atoms with Gasteiger partial charge in [-0.2, -0.15) is 0 Å². The molecule has 0 bridgehead atoms. The summed E-state index contributed by atoms with van der Waals surface area (Å²) in [5.74, 6) is -1.75. The van der Waals surface area contributed by atoms with Gasteiger partial charge in [0.05, 0.1) is 30.8 Å². The van der Waals surface area contributed by atoms with Crippen LogP contribution in [0.3, 0.4) is 0 Å². The van der Waals surface area contributed by atoms with Crippen molar-refractivity contribution >= 4 is 29.6 Å². The van der Waals surface area contributed by atoms with Crippen LogP contribution < -0.4 is 5.32 Å². The second-order valence-corrected chi connectivity index (χ2v) is 12.0. The van der Waals surface area contributed by atoms with Crippen LogP contribution >= 0.6 is 11.8 Å². The van der Waals surface area contributed by atoms with E-state index in [4.69, 9.17) is 14.6 Å². The summed E-state index contributed by atoms with van der Waals surface area (Å²) in [7, 11) is 0. The molecule has 1 aliphatic rings. The van der Waals surface area contributed by atoms with E-state index in [-0.39, 0.29) is 43.1 Å². The number of carbonyl (C=O) groups is 3. The third-order valence-corrected chi connectivity index (χ3v) is 8.86. The number of aromatic carboxylic acids is 1. The number of carbonyl (C=O) groups excluding carboxylic acids is 1. The topological polar surface area (TPSA) is 142 Å². The number of nitrogens with one attached hydrogen (secondary N) is 1. The maximum atomic E-state index is 12.0. The molecule has 0 unspecified atom stereocenters. The molecule has 0 saturated carbocycles. The quantitative estimate of drug-likeness (QED) is 0.123. The first-order valence-electron chi connectivity index (χ1n) is 14.9. The lowest BCUT2D eigenvalue weighted by molar-refractivity contribution is -0.245. The zero-order valence-corrected chi connectivity index (χ0v) is 25.8. The van der Waals surface area contributed by atoms with Crippen molar-refractivity contribution in [1.29, 1.82) is 0 Å². The van der Waals surface area contributed by atoms with Gasteiger partial charge in [-0.3, -0.25) is 9.59 Å². The fraction of sp³-hybridized carbons (Fsp3) is 0.250. The van der Waals surface area contributed by atoms with Gasteiger partial charge < -0.3 is 30.1 Å². The Labute approximate surface area is 271 Å². The minimum absolute atomic E-state index is 0.0452. The minimum atomic E-state index is -1.01. The Hall–Kier alpha value is -4.48. The molecule has 0 aromatic heterocycles. The average molecular weight is 642 g/mol. The van der Waals surface area contributed by atoms with E-state index in [1.807, 2.05) is 78.9 Å². The lowest BCUT2D eigenvalue weighted by Gasteiger charge is -2.36. The van der Waals surface area contributed by atoms with Crippen LogP contribution in [0, 0.1) is 0 Å². The van der Waals surface area contributed by atoms with Crippen molar-refractivity contribution < 1.29 is 39.2 Å². The van der Waals surface area contributed by atoms with E-state index in [2.05, 4.69) is 5.32 Å². The molecule has 1 fully saturated rings. The number of aliphatic carboxylic acids is 1. The molecule has 10 heteroatoms. The Morgan fingerprint density at radius 3 is 2.24 bits per heavy atom. The molecule has 4 aromatic rings. The molecule has 4 aromatic carbocycles. The molecule has 238 valence electrons. The van der Waals surface area contributed by atoms with E-state index in [0.29, 0.717) is 23.6 Å². The second-order valence-electron chi connectivity index (χ2n) is 11.0. The van der Waals surface area contributed by atoms with Crippen molar-refractivity contribution in [3.63, 3.8) is 0 Å². The summed E-state index contributed by atoms with van der Waals surface area (Å²) in [5, 5.41) is 30.6. The van der Waals surface area contributed by atoms with Gasteiger partial charge in [0.2, 0.25) is 5.91 Å². The van der Waals surface area contributed by atoms with E-state index in [1.54, 1.807) is 18.2 Å². The van der Waals surface area contributed by atoms with E-state index in [0.717, 1.165) is 33.4 Å². The zero-order valence-electron chi connectivity index (χ0n) is 25.0. The number of carboxylic acid groups (broad SMARTS) is 2. The third kappa shape index (κ3) is 8.82. The Balaban J connectivity index is 1.30. The molecule has 3 atom stereocenters. The number of amides is 1. The largest absolute Gasteiger partial charge is 0.481 e. The van der Waals surface area contributed by atoms with Crippen LogP contribution in [-0.4, -0.2) is 45.0 Å². The maximum Gasteiger partial charge on any atom is 0.336 e. The minimum Gasteiger partial charge on any atom is -0.481 e. The van der Waals surface area contributed by atoms with Gasteiger partial charge in [-0.1, -0.05) is 78.9 Å². The Morgan fingerprint density at radius 1 is 0.783 bits per heavy atom. The standard InChI is InChI=1S/C36H35NO8S/c38-21-23-8-10-26(11-9-23)31-19-29(22-46-32-7-2-1-6-30(32)35(42)43)44-36(45-31)27-14-12-25(13-15-27)28-5-3-4-24(18-28)20-37-33(39)16-17-34(40)41/h1-15,18,29,31,36,38H,16-17,19-22H2,(H,37,39)(H,40,41)(H,42,43)/t29-,31+,36+/m0/s1. The summed E-state index contributed by atoms with van der Waals surface area (Å²) >= 11 is 1.45. The Kier molecular flexibility index (Phi) is 11.2.